The summed E-state index contributed by atoms with van der Waals surface area (Å²) in [7, 11) is -9.44. The van der Waals surface area contributed by atoms with Crippen molar-refractivity contribution in [1.29, 1.82) is 0 Å². The van der Waals surface area contributed by atoms with Crippen molar-refractivity contribution in [3.8, 4) is 0 Å². The molecule has 0 fully saturated rings. The van der Waals surface area contributed by atoms with E-state index in [2.05, 4.69) is 5.32 Å². The minimum Gasteiger partial charge on any atom is -0.369 e. The summed E-state index contributed by atoms with van der Waals surface area (Å²) in [6.45, 7) is 2.53. The normalized spacial score (nSPS) is 25.1. The van der Waals surface area contributed by atoms with E-state index in [1.165, 1.54) is 12.2 Å². The number of ether oxygens (including phenoxy) is 1. The van der Waals surface area contributed by atoms with Gasteiger partial charge in [0.05, 0.1) is 6.04 Å². The van der Waals surface area contributed by atoms with Crippen LogP contribution < -0.4 is 15.6 Å². The van der Waals surface area contributed by atoms with E-state index in [4.69, 9.17) is 15.0 Å². The first-order chi connectivity index (χ1) is 16.0. The molecule has 1 aliphatic carbocycles. The second kappa shape index (κ2) is 12.2. The molecule has 8 nitrogen and oxygen atoms in total. The average Bonchev–Trinajstić information content (AvgIpc) is 3.22. The van der Waals surface area contributed by atoms with Gasteiger partial charge in [-0.3, -0.25) is 0 Å². The van der Waals surface area contributed by atoms with Crippen molar-refractivity contribution in [3.05, 3.63) is 89.5 Å². The third-order valence-corrected chi connectivity index (χ3v) is 10.8. The summed E-state index contributed by atoms with van der Waals surface area (Å²) in [5, 5.41) is 14.7. The summed E-state index contributed by atoms with van der Waals surface area (Å²) < 4.78 is 56.1. The number of allylic oxidation sites excluding steroid dienone is 2. The Bertz CT molecular complexity index is 1300. The van der Waals surface area contributed by atoms with E-state index < -0.39 is 48.1 Å². The number of hydrogen-bond acceptors (Lipinski definition) is 6. The molecule has 5 N–H and O–H groups in total. The van der Waals surface area contributed by atoms with Crippen molar-refractivity contribution in [2.75, 3.05) is 6.61 Å². The number of nitrogens with two attached hydrogens (primary N) is 2. The molecule has 3 atom stereocenters. The fourth-order valence-electron chi connectivity index (χ4n) is 5.09. The Kier molecular flexibility index (Phi) is 10.8. The molecule has 2 radical (unpaired) electrons. The first-order valence-electron chi connectivity index (χ1n) is 11.0. The van der Waals surface area contributed by atoms with Crippen molar-refractivity contribution in [3.63, 3.8) is 0 Å². The Labute approximate surface area is 257 Å². The molecule has 1 aliphatic heterocycles. The molecule has 36 heavy (non-hydrogen) atoms. The van der Waals surface area contributed by atoms with Gasteiger partial charge in [-0.15, -0.1) is 0 Å². The van der Waals surface area contributed by atoms with Gasteiger partial charge in [-0.25, -0.2) is 27.1 Å². The van der Waals surface area contributed by atoms with Crippen LogP contribution in [0.1, 0.15) is 36.1 Å². The molecule has 0 spiro atoms. The van der Waals surface area contributed by atoms with Gasteiger partial charge in [0.15, 0.2) is 0 Å². The van der Waals surface area contributed by atoms with Gasteiger partial charge in [-0.2, -0.15) is 0 Å². The molecule has 0 bridgehead atoms. The van der Waals surface area contributed by atoms with E-state index in [0.717, 1.165) is 16.7 Å². The van der Waals surface area contributed by atoms with Crippen molar-refractivity contribution in [2.24, 2.45) is 16.2 Å². The van der Waals surface area contributed by atoms with Gasteiger partial charge in [0, 0.05) is 84.6 Å². The summed E-state index contributed by atoms with van der Waals surface area (Å²) in [4.78, 5) is 0. The Morgan fingerprint density at radius 3 is 2.22 bits per heavy atom. The van der Waals surface area contributed by atoms with Gasteiger partial charge in [0.1, 0.15) is 5.60 Å². The summed E-state index contributed by atoms with van der Waals surface area (Å²) in [5.74, 6) is -1.12. The van der Waals surface area contributed by atoms with Crippen LogP contribution in [0.25, 0.3) is 6.08 Å². The van der Waals surface area contributed by atoms with Crippen molar-refractivity contribution in [1.82, 2.24) is 5.32 Å². The van der Waals surface area contributed by atoms with E-state index in [1.807, 2.05) is 54.6 Å². The van der Waals surface area contributed by atoms with Crippen LogP contribution >= 0.6 is 0 Å². The standard InChI is InChI=1S/C24H29N3O5S2.2Na/c1-2-32-23(22-21-11-7-6-10-19(21)16-27-22)15-14-20(13-12-18-8-4-3-5-9-18)24(17-23,33(25,28)29)34(26,30)31;;/h3-15,20,22,27H,2,16-17H2,1H3,(H2,25,28,29)(H2,26,30,31);;. The second-order valence-electron chi connectivity index (χ2n) is 8.63. The predicted octanol–water partition coefficient (Wildman–Crippen LogP) is 1.41. The van der Waals surface area contributed by atoms with E-state index in [0.29, 0.717) is 6.54 Å². The van der Waals surface area contributed by atoms with E-state index >= 15 is 0 Å². The maximum Gasteiger partial charge on any atom is 0.231 e. The van der Waals surface area contributed by atoms with Crippen LogP contribution in [0.5, 0.6) is 0 Å². The van der Waals surface area contributed by atoms with Gasteiger partial charge in [0.2, 0.25) is 24.1 Å². The van der Waals surface area contributed by atoms with E-state index in [9.17, 15) is 16.8 Å². The molecule has 2 aromatic rings. The summed E-state index contributed by atoms with van der Waals surface area (Å²) in [6.07, 6.45) is 6.02. The van der Waals surface area contributed by atoms with Gasteiger partial charge in [-0.1, -0.05) is 78.9 Å². The van der Waals surface area contributed by atoms with Crippen LogP contribution in [0.3, 0.4) is 0 Å². The molecule has 0 amide bonds. The fourth-order valence-corrected chi connectivity index (χ4v) is 8.31. The molecule has 12 heteroatoms. The van der Waals surface area contributed by atoms with E-state index in [-0.39, 0.29) is 65.7 Å². The molecule has 3 unspecified atom stereocenters. The molecule has 0 aromatic heterocycles. The van der Waals surface area contributed by atoms with Gasteiger partial charge >= 0.3 is 0 Å². The summed E-state index contributed by atoms with van der Waals surface area (Å²) >= 11 is 0. The second-order valence-corrected chi connectivity index (χ2v) is 12.5. The number of fused-ring (bicyclic) bond motifs is 1. The molecule has 1 heterocycles. The van der Waals surface area contributed by atoms with Gasteiger partial charge < -0.3 is 10.1 Å². The molecule has 184 valence electrons. The number of primary sulfonamides is 2. The van der Waals surface area contributed by atoms with Crippen LogP contribution in [-0.2, 0) is 31.3 Å². The van der Waals surface area contributed by atoms with Crippen LogP contribution in [0.2, 0.25) is 0 Å². The Morgan fingerprint density at radius 2 is 1.61 bits per heavy atom. The molecule has 0 saturated carbocycles. The number of rotatable bonds is 7. The maximum atomic E-state index is 13.1. The van der Waals surface area contributed by atoms with Crippen molar-refractivity contribution >= 4 is 85.2 Å². The number of nitrogens with one attached hydrogen (secondary N) is 1. The molecule has 0 saturated heterocycles. The zero-order valence-corrected chi connectivity index (χ0v) is 26.4. The predicted molar refractivity (Wildman–Crippen MR) is 144 cm³/mol. The minimum atomic E-state index is -4.72. The van der Waals surface area contributed by atoms with Crippen molar-refractivity contribution in [2.45, 2.75) is 35.6 Å². The van der Waals surface area contributed by atoms with Crippen molar-refractivity contribution < 1.29 is 21.6 Å². The molecule has 2 aromatic carbocycles. The number of hydrogen-bond donors (Lipinski definition) is 3. The summed E-state index contributed by atoms with van der Waals surface area (Å²) in [5.41, 5.74) is 1.42. The van der Waals surface area contributed by atoms with Gasteiger partial charge in [0.25, 0.3) is 0 Å². The third-order valence-electron chi connectivity index (χ3n) is 6.64. The number of sulfonamides is 2. The fraction of sp³-hybridized carbons (Fsp3) is 0.333. The Morgan fingerprint density at radius 1 is 1.00 bits per heavy atom. The molecule has 2 aliphatic rings. The average molecular weight is 550 g/mol. The quantitative estimate of drug-likeness (QED) is 0.352. The van der Waals surface area contributed by atoms with Crippen LogP contribution in [0.15, 0.2) is 72.8 Å². The monoisotopic (exact) mass is 549 g/mol. The van der Waals surface area contributed by atoms with Crippen LogP contribution in [-0.4, -0.2) is 92.2 Å². The molecular formula is C24H29N3Na2O5S2. The maximum absolute atomic E-state index is 13.1. The zero-order chi connectivity index (χ0) is 24.6. The van der Waals surface area contributed by atoms with Crippen LogP contribution in [0, 0.1) is 5.92 Å². The van der Waals surface area contributed by atoms with Gasteiger partial charge in [-0.05, 0) is 23.6 Å². The first-order valence-corrected chi connectivity index (χ1v) is 14.1. The molecular weight excluding hydrogens is 520 g/mol. The zero-order valence-electron chi connectivity index (χ0n) is 20.8. The smallest absolute Gasteiger partial charge is 0.231 e. The van der Waals surface area contributed by atoms with E-state index in [1.54, 1.807) is 19.1 Å². The third kappa shape index (κ3) is 5.80. The molecule has 4 rings (SSSR count). The summed E-state index contributed by atoms with van der Waals surface area (Å²) in [6, 6.07) is 16.3. The minimum absolute atomic E-state index is 0. The Hall–Kier alpha value is -0.340. The Balaban J connectivity index is 0.00000228. The number of benzene rings is 2. The SMILES string of the molecule is CCOC1(C2NCc3ccccc32)C=CC(C=Cc2ccccc2)C(S(N)(=O)=O)(S(N)(=O)=O)C1.[Na].[Na]. The topological polar surface area (TPSA) is 142 Å². The first kappa shape index (κ1) is 31.9. The largest absolute Gasteiger partial charge is 0.369 e. The van der Waals surface area contributed by atoms with Crippen LogP contribution in [0.4, 0.5) is 0 Å².